The van der Waals surface area contributed by atoms with E-state index in [0.29, 0.717) is 0 Å². The van der Waals surface area contributed by atoms with Crippen LogP contribution in [0.15, 0.2) is 72.8 Å². The van der Waals surface area contributed by atoms with Gasteiger partial charge in [-0.05, 0) is 67.1 Å². The predicted octanol–water partition coefficient (Wildman–Crippen LogP) is 7.42. The molecule has 5 aromatic carbocycles. The van der Waals surface area contributed by atoms with Crippen molar-refractivity contribution >= 4 is 43.1 Å². The zero-order valence-corrected chi connectivity index (χ0v) is 15.3. The second-order valence-electron chi connectivity index (χ2n) is 7.08. The summed E-state index contributed by atoms with van der Waals surface area (Å²) in [5, 5.41) is 11.1. The third kappa shape index (κ3) is 2.02. The van der Waals surface area contributed by atoms with Gasteiger partial charge in [-0.1, -0.05) is 86.6 Å². The van der Waals surface area contributed by atoms with E-state index in [2.05, 4.69) is 86.6 Å². The standard InChI is InChI=1S/C26H22/c1-3-19-20(4-2)26-22-12-8-6-10-18(22)14-16-24(26)23-15-13-17-9-5-7-11-21(17)25(19)23/h5-16H,3-4H2,1-2H3. The molecule has 126 valence electrons. The molecule has 0 unspecified atom stereocenters. The summed E-state index contributed by atoms with van der Waals surface area (Å²) in [5.41, 5.74) is 3.03. The highest BCUT2D eigenvalue weighted by atomic mass is 14.2. The lowest BCUT2D eigenvalue weighted by atomic mass is 9.85. The summed E-state index contributed by atoms with van der Waals surface area (Å²) in [7, 11) is 0. The molecule has 0 saturated carbocycles. The van der Waals surface area contributed by atoms with Crippen molar-refractivity contribution in [3.8, 4) is 0 Å². The number of aryl methyl sites for hydroxylation is 2. The molecule has 0 heterocycles. The lowest BCUT2D eigenvalue weighted by molar-refractivity contribution is 1.07. The van der Waals surface area contributed by atoms with Gasteiger partial charge >= 0.3 is 0 Å². The molecule has 0 aliphatic heterocycles. The minimum Gasteiger partial charge on any atom is -0.0616 e. The van der Waals surface area contributed by atoms with Crippen molar-refractivity contribution in [2.24, 2.45) is 0 Å². The van der Waals surface area contributed by atoms with Crippen LogP contribution in [0.25, 0.3) is 43.1 Å². The Labute approximate surface area is 154 Å². The molecule has 0 atom stereocenters. The van der Waals surface area contributed by atoms with E-state index in [1.54, 1.807) is 0 Å². The molecule has 0 heteroatoms. The molecule has 0 radical (unpaired) electrons. The van der Waals surface area contributed by atoms with Gasteiger partial charge in [0.25, 0.3) is 0 Å². The third-order valence-electron chi connectivity index (χ3n) is 5.82. The first-order chi connectivity index (χ1) is 12.8. The number of hydrogen-bond donors (Lipinski definition) is 0. The minimum absolute atomic E-state index is 1.06. The fraction of sp³-hybridized carbons (Fsp3) is 0.154. The van der Waals surface area contributed by atoms with Gasteiger partial charge < -0.3 is 0 Å². The summed E-state index contributed by atoms with van der Waals surface area (Å²) in [6.45, 7) is 4.60. The second kappa shape index (κ2) is 5.85. The first-order valence-corrected chi connectivity index (χ1v) is 9.60. The molecule has 0 nitrogen and oxygen atoms in total. The van der Waals surface area contributed by atoms with Crippen LogP contribution in [0.1, 0.15) is 25.0 Å². The quantitative estimate of drug-likeness (QED) is 0.295. The zero-order chi connectivity index (χ0) is 17.7. The summed E-state index contributed by atoms with van der Waals surface area (Å²) in [6, 6.07) is 26.8. The Balaban J connectivity index is 2.15. The normalized spacial score (nSPS) is 11.8. The van der Waals surface area contributed by atoms with Gasteiger partial charge in [0.05, 0.1) is 0 Å². The molecule has 5 aromatic rings. The van der Waals surface area contributed by atoms with Gasteiger partial charge in [-0.15, -0.1) is 0 Å². The topological polar surface area (TPSA) is 0 Å². The fourth-order valence-corrected chi connectivity index (χ4v) is 4.72. The highest BCUT2D eigenvalue weighted by Crippen LogP contribution is 2.40. The van der Waals surface area contributed by atoms with E-state index in [4.69, 9.17) is 0 Å². The highest BCUT2D eigenvalue weighted by Gasteiger charge is 2.16. The molecule has 5 rings (SSSR count). The lowest BCUT2D eigenvalue weighted by Crippen LogP contribution is -1.97. The molecule has 0 fully saturated rings. The van der Waals surface area contributed by atoms with Crippen LogP contribution in [0.2, 0.25) is 0 Å². The van der Waals surface area contributed by atoms with Crippen LogP contribution in [0.4, 0.5) is 0 Å². The predicted molar refractivity (Wildman–Crippen MR) is 115 cm³/mol. The number of rotatable bonds is 2. The molecule has 26 heavy (non-hydrogen) atoms. The van der Waals surface area contributed by atoms with Crippen molar-refractivity contribution in [3.63, 3.8) is 0 Å². The van der Waals surface area contributed by atoms with E-state index in [9.17, 15) is 0 Å². The van der Waals surface area contributed by atoms with Gasteiger partial charge in [0, 0.05) is 0 Å². The minimum atomic E-state index is 1.06. The van der Waals surface area contributed by atoms with Gasteiger partial charge in [-0.25, -0.2) is 0 Å². The summed E-state index contributed by atoms with van der Waals surface area (Å²) in [6.07, 6.45) is 2.12. The average molecular weight is 334 g/mol. The summed E-state index contributed by atoms with van der Waals surface area (Å²) in [4.78, 5) is 0. The van der Waals surface area contributed by atoms with Crippen LogP contribution in [0.3, 0.4) is 0 Å². The SMILES string of the molecule is CCc1c(CC)c2c3ccccc3ccc2c2ccc3ccccc3c12. The number of hydrogen-bond acceptors (Lipinski definition) is 0. The molecular weight excluding hydrogens is 312 g/mol. The first-order valence-electron chi connectivity index (χ1n) is 9.60. The van der Waals surface area contributed by atoms with E-state index < -0.39 is 0 Å². The lowest BCUT2D eigenvalue weighted by Gasteiger charge is -2.19. The molecule has 0 aliphatic carbocycles. The third-order valence-corrected chi connectivity index (χ3v) is 5.82. The van der Waals surface area contributed by atoms with Crippen molar-refractivity contribution in [3.05, 3.63) is 83.9 Å². The molecule has 0 saturated heterocycles. The van der Waals surface area contributed by atoms with Gasteiger partial charge in [0.15, 0.2) is 0 Å². The van der Waals surface area contributed by atoms with Crippen molar-refractivity contribution in [2.45, 2.75) is 26.7 Å². The van der Waals surface area contributed by atoms with Crippen LogP contribution in [-0.2, 0) is 12.8 Å². The molecular formula is C26H22. The van der Waals surface area contributed by atoms with Gasteiger partial charge in [0.2, 0.25) is 0 Å². The first kappa shape index (κ1) is 15.4. The van der Waals surface area contributed by atoms with Crippen LogP contribution < -0.4 is 0 Å². The Morgan fingerprint density at radius 2 is 0.885 bits per heavy atom. The molecule has 0 aliphatic rings. The fourth-order valence-electron chi connectivity index (χ4n) is 4.72. The Kier molecular flexibility index (Phi) is 3.46. The van der Waals surface area contributed by atoms with Crippen molar-refractivity contribution in [1.82, 2.24) is 0 Å². The van der Waals surface area contributed by atoms with E-state index in [1.807, 2.05) is 0 Å². The van der Waals surface area contributed by atoms with Crippen LogP contribution in [0.5, 0.6) is 0 Å². The Morgan fingerprint density at radius 1 is 0.462 bits per heavy atom. The van der Waals surface area contributed by atoms with Crippen LogP contribution in [0, 0.1) is 0 Å². The monoisotopic (exact) mass is 334 g/mol. The van der Waals surface area contributed by atoms with Gasteiger partial charge in [-0.3, -0.25) is 0 Å². The number of fused-ring (bicyclic) bond motifs is 7. The highest BCUT2D eigenvalue weighted by molar-refractivity contribution is 6.24. The van der Waals surface area contributed by atoms with Crippen LogP contribution >= 0.6 is 0 Å². The van der Waals surface area contributed by atoms with E-state index >= 15 is 0 Å². The smallest absolute Gasteiger partial charge is 0.00642 e. The largest absolute Gasteiger partial charge is 0.0616 e. The Morgan fingerprint density at radius 3 is 1.31 bits per heavy atom. The van der Waals surface area contributed by atoms with Crippen molar-refractivity contribution in [2.75, 3.05) is 0 Å². The van der Waals surface area contributed by atoms with Gasteiger partial charge in [-0.2, -0.15) is 0 Å². The summed E-state index contributed by atoms with van der Waals surface area (Å²) < 4.78 is 0. The molecule has 0 N–H and O–H groups in total. The summed E-state index contributed by atoms with van der Waals surface area (Å²) in [5.74, 6) is 0. The van der Waals surface area contributed by atoms with Crippen LogP contribution in [-0.4, -0.2) is 0 Å². The Bertz CT molecular complexity index is 1190. The maximum Gasteiger partial charge on any atom is -0.00642 e. The van der Waals surface area contributed by atoms with E-state index in [1.165, 1.54) is 54.2 Å². The molecule has 0 spiro atoms. The maximum absolute atomic E-state index is 2.33. The molecule has 0 bridgehead atoms. The van der Waals surface area contributed by atoms with E-state index in [0.717, 1.165) is 12.8 Å². The Hall–Kier alpha value is -2.86. The zero-order valence-electron chi connectivity index (χ0n) is 15.3. The summed E-state index contributed by atoms with van der Waals surface area (Å²) >= 11 is 0. The van der Waals surface area contributed by atoms with E-state index in [-0.39, 0.29) is 0 Å². The van der Waals surface area contributed by atoms with Crippen molar-refractivity contribution in [1.29, 1.82) is 0 Å². The second-order valence-corrected chi connectivity index (χ2v) is 7.08. The average Bonchev–Trinajstić information content (AvgIpc) is 2.71. The molecule has 0 aromatic heterocycles. The maximum atomic E-state index is 2.33. The number of benzene rings is 5. The molecule has 0 amide bonds. The van der Waals surface area contributed by atoms with Gasteiger partial charge in [0.1, 0.15) is 0 Å². The van der Waals surface area contributed by atoms with Crippen molar-refractivity contribution < 1.29 is 0 Å².